The summed E-state index contributed by atoms with van der Waals surface area (Å²) in [5, 5.41) is 9.23. The largest absolute Gasteiger partial charge is 0.508 e. The van der Waals surface area contributed by atoms with Crippen LogP contribution >= 0.6 is 0 Å². The van der Waals surface area contributed by atoms with E-state index in [1.165, 1.54) is 12.8 Å². The van der Waals surface area contributed by atoms with Crippen LogP contribution in [0.25, 0.3) is 0 Å². The lowest BCUT2D eigenvalue weighted by atomic mass is 10.1. The van der Waals surface area contributed by atoms with Gasteiger partial charge in [-0.25, -0.2) is 0 Å². The Balaban J connectivity index is 1.92. The van der Waals surface area contributed by atoms with E-state index < -0.39 is 6.04 Å². The molecule has 1 fully saturated rings. The second-order valence-corrected chi connectivity index (χ2v) is 5.22. The number of carbonyl (C=O) groups excluding carboxylic acids is 1. The van der Waals surface area contributed by atoms with Crippen molar-refractivity contribution in [3.8, 4) is 5.75 Å². The van der Waals surface area contributed by atoms with E-state index in [9.17, 15) is 9.90 Å². The van der Waals surface area contributed by atoms with Gasteiger partial charge in [-0.3, -0.25) is 4.79 Å². The first-order chi connectivity index (χ1) is 9.16. The number of hydrogen-bond donors (Lipinski definition) is 2. The van der Waals surface area contributed by atoms with Gasteiger partial charge in [0, 0.05) is 13.1 Å². The van der Waals surface area contributed by atoms with Crippen molar-refractivity contribution in [1.82, 2.24) is 4.90 Å². The first-order valence-electron chi connectivity index (χ1n) is 6.99. The third-order valence-electron chi connectivity index (χ3n) is 3.63. The number of likely N-dealkylation sites (tertiary alicyclic amines) is 1. The minimum atomic E-state index is -0.484. The molecule has 104 valence electrons. The van der Waals surface area contributed by atoms with Gasteiger partial charge in [0.25, 0.3) is 0 Å². The number of phenols is 1. The molecule has 1 unspecified atom stereocenters. The molecule has 0 aromatic heterocycles. The van der Waals surface area contributed by atoms with Gasteiger partial charge in [0.05, 0.1) is 6.04 Å². The Labute approximate surface area is 114 Å². The lowest BCUT2D eigenvalue weighted by molar-refractivity contribution is -0.132. The van der Waals surface area contributed by atoms with Crippen LogP contribution in [-0.4, -0.2) is 35.0 Å². The molecule has 1 aromatic rings. The van der Waals surface area contributed by atoms with E-state index in [-0.39, 0.29) is 11.7 Å². The first kappa shape index (κ1) is 13.9. The normalized spacial score (nSPS) is 17.8. The van der Waals surface area contributed by atoms with E-state index in [1.807, 2.05) is 17.0 Å². The lowest BCUT2D eigenvalue weighted by Gasteiger charge is -2.24. The maximum absolute atomic E-state index is 12.3. The molecule has 4 nitrogen and oxygen atoms in total. The van der Waals surface area contributed by atoms with Crippen molar-refractivity contribution in [2.45, 2.75) is 38.1 Å². The van der Waals surface area contributed by atoms with Gasteiger partial charge in [-0.2, -0.15) is 0 Å². The molecule has 3 N–H and O–H groups in total. The standard InChI is InChI=1S/C15H22N2O2/c16-14(11-12-5-7-13(18)8-6-12)15(19)17-9-3-1-2-4-10-17/h5-8,14,18H,1-4,9-11,16H2. The van der Waals surface area contributed by atoms with Crippen molar-refractivity contribution in [1.29, 1.82) is 0 Å². The SMILES string of the molecule is NC(Cc1ccc(O)cc1)C(=O)N1CCCCCC1. The summed E-state index contributed by atoms with van der Waals surface area (Å²) in [6.07, 6.45) is 5.10. The summed E-state index contributed by atoms with van der Waals surface area (Å²) in [6, 6.07) is 6.38. The number of carbonyl (C=O) groups is 1. The second kappa shape index (κ2) is 6.57. The highest BCUT2D eigenvalue weighted by Crippen LogP contribution is 2.14. The summed E-state index contributed by atoms with van der Waals surface area (Å²) in [7, 11) is 0. The smallest absolute Gasteiger partial charge is 0.239 e. The molecular formula is C15H22N2O2. The summed E-state index contributed by atoms with van der Waals surface area (Å²) in [6.45, 7) is 1.67. The fourth-order valence-electron chi connectivity index (χ4n) is 2.50. The van der Waals surface area contributed by atoms with Gasteiger partial charge in [0.15, 0.2) is 0 Å². The van der Waals surface area contributed by atoms with Crippen molar-refractivity contribution >= 4 is 5.91 Å². The third-order valence-corrected chi connectivity index (χ3v) is 3.63. The van der Waals surface area contributed by atoms with Crippen LogP contribution in [0.2, 0.25) is 0 Å². The molecule has 1 aromatic carbocycles. The van der Waals surface area contributed by atoms with Crippen LogP contribution < -0.4 is 5.73 Å². The van der Waals surface area contributed by atoms with Crippen molar-refractivity contribution in [3.05, 3.63) is 29.8 Å². The lowest BCUT2D eigenvalue weighted by Crippen LogP contribution is -2.45. The summed E-state index contributed by atoms with van der Waals surface area (Å²) in [5.41, 5.74) is 7.00. The van der Waals surface area contributed by atoms with Crippen molar-refractivity contribution < 1.29 is 9.90 Å². The summed E-state index contributed by atoms with van der Waals surface area (Å²) in [4.78, 5) is 14.2. The van der Waals surface area contributed by atoms with Gasteiger partial charge in [-0.1, -0.05) is 25.0 Å². The summed E-state index contributed by atoms with van der Waals surface area (Å²) >= 11 is 0. The molecule has 0 radical (unpaired) electrons. The van der Waals surface area contributed by atoms with E-state index in [1.54, 1.807) is 12.1 Å². The number of amides is 1. The Morgan fingerprint density at radius 1 is 1.16 bits per heavy atom. The monoisotopic (exact) mass is 262 g/mol. The molecule has 1 aliphatic rings. The average molecular weight is 262 g/mol. The zero-order valence-corrected chi connectivity index (χ0v) is 11.2. The van der Waals surface area contributed by atoms with Crippen LogP contribution in [0.5, 0.6) is 5.75 Å². The van der Waals surface area contributed by atoms with Crippen molar-refractivity contribution in [2.24, 2.45) is 5.73 Å². The number of rotatable bonds is 3. The Bertz CT molecular complexity index is 409. The Hall–Kier alpha value is -1.55. The van der Waals surface area contributed by atoms with Crippen LogP contribution in [0.15, 0.2) is 24.3 Å². The summed E-state index contributed by atoms with van der Waals surface area (Å²) in [5.74, 6) is 0.283. The minimum absolute atomic E-state index is 0.0509. The Morgan fingerprint density at radius 2 is 1.74 bits per heavy atom. The van der Waals surface area contributed by atoms with Gasteiger partial charge in [0.1, 0.15) is 5.75 Å². The van der Waals surface area contributed by atoms with Crippen LogP contribution in [0.3, 0.4) is 0 Å². The van der Waals surface area contributed by atoms with Gasteiger partial charge in [-0.15, -0.1) is 0 Å². The Kier molecular flexibility index (Phi) is 4.80. The summed E-state index contributed by atoms with van der Waals surface area (Å²) < 4.78 is 0. The number of hydrogen-bond acceptors (Lipinski definition) is 3. The number of phenolic OH excluding ortho intramolecular Hbond substituents is 1. The average Bonchev–Trinajstić information content (AvgIpc) is 2.69. The number of nitrogens with zero attached hydrogens (tertiary/aromatic N) is 1. The molecule has 1 saturated heterocycles. The molecule has 0 saturated carbocycles. The van der Waals surface area contributed by atoms with Gasteiger partial charge >= 0.3 is 0 Å². The molecule has 2 rings (SSSR count). The van der Waals surface area contributed by atoms with E-state index >= 15 is 0 Å². The molecule has 4 heteroatoms. The molecule has 1 heterocycles. The molecule has 1 aliphatic heterocycles. The highest BCUT2D eigenvalue weighted by Gasteiger charge is 2.21. The van der Waals surface area contributed by atoms with Crippen molar-refractivity contribution in [3.63, 3.8) is 0 Å². The van der Waals surface area contributed by atoms with Gasteiger partial charge in [0.2, 0.25) is 5.91 Å². The van der Waals surface area contributed by atoms with Crippen molar-refractivity contribution in [2.75, 3.05) is 13.1 Å². The molecule has 0 aliphatic carbocycles. The van der Waals surface area contributed by atoms with E-state index in [2.05, 4.69) is 0 Å². The predicted octanol–water partition coefficient (Wildman–Crippen LogP) is 1.66. The van der Waals surface area contributed by atoms with E-state index in [4.69, 9.17) is 5.73 Å². The molecule has 1 amide bonds. The highest BCUT2D eigenvalue weighted by molar-refractivity contribution is 5.82. The van der Waals surface area contributed by atoms with Gasteiger partial charge in [-0.05, 0) is 37.0 Å². The van der Waals surface area contributed by atoms with Crippen LogP contribution in [0.1, 0.15) is 31.2 Å². The fourth-order valence-corrected chi connectivity index (χ4v) is 2.50. The maximum Gasteiger partial charge on any atom is 0.239 e. The molecule has 19 heavy (non-hydrogen) atoms. The second-order valence-electron chi connectivity index (χ2n) is 5.22. The molecule has 0 bridgehead atoms. The molecular weight excluding hydrogens is 240 g/mol. The minimum Gasteiger partial charge on any atom is -0.508 e. The topological polar surface area (TPSA) is 66.6 Å². The van der Waals surface area contributed by atoms with E-state index in [0.29, 0.717) is 6.42 Å². The third kappa shape index (κ3) is 3.96. The predicted molar refractivity (Wildman–Crippen MR) is 74.8 cm³/mol. The Morgan fingerprint density at radius 3 is 2.32 bits per heavy atom. The van der Waals surface area contributed by atoms with Crippen LogP contribution in [0, 0.1) is 0 Å². The quantitative estimate of drug-likeness (QED) is 0.870. The van der Waals surface area contributed by atoms with Gasteiger partial charge < -0.3 is 15.7 Å². The maximum atomic E-state index is 12.3. The highest BCUT2D eigenvalue weighted by atomic mass is 16.3. The zero-order chi connectivity index (χ0) is 13.7. The fraction of sp³-hybridized carbons (Fsp3) is 0.533. The number of nitrogens with two attached hydrogens (primary N) is 1. The zero-order valence-electron chi connectivity index (χ0n) is 11.2. The van der Waals surface area contributed by atoms with Crippen LogP contribution in [-0.2, 0) is 11.2 Å². The first-order valence-corrected chi connectivity index (χ1v) is 6.99. The molecule has 1 atom stereocenters. The number of benzene rings is 1. The number of aromatic hydroxyl groups is 1. The van der Waals surface area contributed by atoms with E-state index in [0.717, 1.165) is 31.5 Å². The van der Waals surface area contributed by atoms with Crippen LogP contribution in [0.4, 0.5) is 0 Å². The molecule has 0 spiro atoms.